The Balaban J connectivity index is 0. The van der Waals surface area contributed by atoms with Crippen molar-refractivity contribution in [1.82, 2.24) is 4.98 Å². The molecule has 122 valence electrons. The second-order valence-corrected chi connectivity index (χ2v) is 4.14. The molecule has 2 rings (SSSR count). The van der Waals surface area contributed by atoms with Gasteiger partial charge in [0.05, 0.1) is 11.4 Å². The summed E-state index contributed by atoms with van der Waals surface area (Å²) in [5.74, 6) is -0.376. The Bertz CT molecular complexity index is 676. The maximum Gasteiger partial charge on any atom is 2.00 e. The maximum absolute atomic E-state index is 11.7. The van der Waals surface area contributed by atoms with E-state index in [-0.39, 0.29) is 25.4 Å². The average Bonchev–Trinajstić information content (AvgIpc) is 2.62. The van der Waals surface area contributed by atoms with E-state index in [1.54, 1.807) is 37.6 Å². The predicted molar refractivity (Wildman–Crippen MR) is 97.9 cm³/mol. The van der Waals surface area contributed by atoms with Gasteiger partial charge in [-0.15, -0.1) is 0 Å². The van der Waals surface area contributed by atoms with Crippen LogP contribution in [0.3, 0.4) is 0 Å². The molecule has 7 nitrogen and oxygen atoms in total. The van der Waals surface area contributed by atoms with E-state index < -0.39 is 0 Å². The fraction of sp³-hybridized carbons (Fsp3) is 0.0667. The Morgan fingerprint density at radius 1 is 1.12 bits per heavy atom. The summed E-state index contributed by atoms with van der Waals surface area (Å²) >= 11 is 7.40. The maximum atomic E-state index is 11.7. The Morgan fingerprint density at radius 2 is 1.68 bits per heavy atom. The van der Waals surface area contributed by atoms with E-state index in [0.29, 0.717) is 17.0 Å². The summed E-state index contributed by atoms with van der Waals surface area (Å²) < 4.78 is 0. The molecule has 0 aliphatic rings. The fourth-order valence-corrected chi connectivity index (χ4v) is 1.34. The zero-order chi connectivity index (χ0) is 18.2. The second-order valence-electron chi connectivity index (χ2n) is 3.78. The third kappa shape index (κ3) is 11.8. The van der Waals surface area contributed by atoms with Gasteiger partial charge in [-0.05, 0) is 24.6 Å². The molecule has 0 aliphatic heterocycles. The predicted octanol–water partition coefficient (Wildman–Crippen LogP) is 1.74. The minimum Gasteiger partial charge on any atom is -0.857 e. The number of thiocarbonyl (C=S) groups is 2. The van der Waals surface area contributed by atoms with Crippen LogP contribution >= 0.6 is 24.4 Å². The number of aromatic nitrogens is 2. The van der Waals surface area contributed by atoms with Gasteiger partial charge in [-0.25, -0.2) is 4.98 Å². The molecule has 0 aromatic carbocycles. The van der Waals surface area contributed by atoms with Crippen LogP contribution in [-0.4, -0.2) is 26.9 Å². The number of H-pyrrole nitrogens is 1. The minimum absolute atomic E-state index is 0. The van der Waals surface area contributed by atoms with Crippen molar-refractivity contribution in [2.75, 3.05) is 0 Å². The van der Waals surface area contributed by atoms with Crippen molar-refractivity contribution >= 4 is 46.4 Å². The minimum atomic E-state index is -0.376. The first kappa shape index (κ1) is 24.9. The van der Waals surface area contributed by atoms with Crippen LogP contribution in [0.4, 0.5) is 0 Å². The summed E-state index contributed by atoms with van der Waals surface area (Å²) in [4.78, 5) is 6.96. The zero-order valence-corrected chi connectivity index (χ0v) is 17.9. The molecule has 0 aliphatic carbocycles. The Hall–Kier alpha value is -2.34. The number of hydrogen-bond donors (Lipinski definition) is 0. The van der Waals surface area contributed by atoms with Crippen LogP contribution in [0, 0.1) is 0 Å². The summed E-state index contributed by atoms with van der Waals surface area (Å²) in [6.07, 6.45) is 5.00. The van der Waals surface area contributed by atoms with Gasteiger partial charge in [0.1, 0.15) is 0 Å². The van der Waals surface area contributed by atoms with Gasteiger partial charge in [-0.1, -0.05) is 30.5 Å². The van der Waals surface area contributed by atoms with E-state index >= 15 is 0 Å². The third-order valence-corrected chi connectivity index (χ3v) is 2.29. The van der Waals surface area contributed by atoms with Crippen LogP contribution in [0.15, 0.2) is 59.1 Å². The van der Waals surface area contributed by atoms with Crippen molar-refractivity contribution in [3.05, 3.63) is 71.0 Å². The second kappa shape index (κ2) is 16.5. The smallest absolute Gasteiger partial charge is 0.857 e. The number of nitrogens with zero attached hydrogens (tertiary/aromatic N) is 5. The van der Waals surface area contributed by atoms with Gasteiger partial charge in [0, 0.05) is 24.2 Å². The van der Waals surface area contributed by atoms with Crippen molar-refractivity contribution in [1.29, 1.82) is 0 Å². The number of hydrogen-bond acceptors (Lipinski definition) is 6. The Morgan fingerprint density at radius 3 is 2.16 bits per heavy atom. The van der Waals surface area contributed by atoms with Gasteiger partial charge >= 0.3 is 19.5 Å². The quantitative estimate of drug-likeness (QED) is 0.246. The van der Waals surface area contributed by atoms with Crippen molar-refractivity contribution < 1.29 is 29.6 Å². The standard InChI is InChI=1S/C13H12N4O.2CNS.Zn/c1-10(12-4-2-3-7-15-12)16-17-13(18)11-5-8-14-9-6-11;2*2-1-3;/h2-9H,1H3,(H,17,18);;;/q;2*-1;+2/b16-10+;;;. The van der Waals surface area contributed by atoms with E-state index in [4.69, 9.17) is 10.8 Å². The molecule has 0 saturated heterocycles. The molecule has 0 unspecified atom stereocenters. The van der Waals surface area contributed by atoms with Crippen LogP contribution in [0.5, 0.6) is 0 Å². The van der Waals surface area contributed by atoms with Crippen molar-refractivity contribution in [3.8, 4) is 0 Å². The molecule has 25 heavy (non-hydrogen) atoms. The van der Waals surface area contributed by atoms with Gasteiger partial charge < -0.3 is 15.9 Å². The SMILES string of the molecule is C/C(=N\N=C(/[O-])c1cc[nH+]cc1)c1ccccn1.[N-]=C=S.[N-]=C=S.[Zn+2]. The summed E-state index contributed by atoms with van der Waals surface area (Å²) in [5.41, 5.74) is 1.80. The Labute approximate surface area is 168 Å². The van der Waals surface area contributed by atoms with Crippen LogP contribution < -0.4 is 10.1 Å². The third-order valence-electron chi connectivity index (χ3n) is 2.29. The normalized spacial score (nSPS) is 9.64. The van der Waals surface area contributed by atoms with Gasteiger partial charge in [0.25, 0.3) is 0 Å². The number of rotatable bonds is 3. The molecule has 0 saturated carbocycles. The van der Waals surface area contributed by atoms with Gasteiger partial charge in [-0.2, -0.15) is 20.5 Å². The Kier molecular flexibility index (Phi) is 16.5. The van der Waals surface area contributed by atoms with Gasteiger partial charge in [0.2, 0.25) is 0 Å². The van der Waals surface area contributed by atoms with Gasteiger partial charge in [0.15, 0.2) is 12.4 Å². The van der Waals surface area contributed by atoms with E-state index in [0.717, 1.165) is 0 Å². The molecule has 2 heterocycles. The van der Waals surface area contributed by atoms with E-state index in [2.05, 4.69) is 44.6 Å². The number of pyridine rings is 2. The summed E-state index contributed by atoms with van der Waals surface area (Å²) in [5, 5.41) is 36.2. The van der Waals surface area contributed by atoms with E-state index in [1.165, 1.54) is 10.3 Å². The van der Waals surface area contributed by atoms with Crippen molar-refractivity contribution in [2.24, 2.45) is 10.2 Å². The topological polar surface area (TPSA) is 119 Å². The molecule has 0 fully saturated rings. The van der Waals surface area contributed by atoms with E-state index in [1.807, 2.05) is 18.2 Å². The van der Waals surface area contributed by atoms with Crippen LogP contribution in [0.2, 0.25) is 0 Å². The van der Waals surface area contributed by atoms with E-state index in [9.17, 15) is 5.11 Å². The van der Waals surface area contributed by atoms with Gasteiger partial charge in [-0.3, -0.25) is 4.98 Å². The zero-order valence-electron chi connectivity index (χ0n) is 13.3. The molecule has 10 heteroatoms. The van der Waals surface area contributed by atoms with Crippen molar-refractivity contribution in [2.45, 2.75) is 6.92 Å². The number of aromatic amines is 1. The molecule has 2 aromatic rings. The largest absolute Gasteiger partial charge is 2.00 e. The molecule has 1 N–H and O–H groups in total. The first-order chi connectivity index (χ1) is 11.6. The number of nitrogens with one attached hydrogen (secondary N) is 1. The first-order valence-corrected chi connectivity index (χ1v) is 7.12. The van der Waals surface area contributed by atoms with Crippen LogP contribution in [0.25, 0.3) is 10.8 Å². The summed E-state index contributed by atoms with van der Waals surface area (Å²) in [6, 6.07) is 8.79. The van der Waals surface area contributed by atoms with Crippen LogP contribution in [0.1, 0.15) is 18.2 Å². The summed E-state index contributed by atoms with van der Waals surface area (Å²) in [7, 11) is 0. The number of isothiocyanates is 2. The average molecular weight is 422 g/mol. The molecule has 0 radical (unpaired) electrons. The molecular weight excluding hydrogens is 410 g/mol. The molecular formula is C15H12N6OS2Zn. The molecule has 0 bridgehead atoms. The molecule has 0 spiro atoms. The fourth-order valence-electron chi connectivity index (χ4n) is 1.34. The molecule has 0 amide bonds. The monoisotopic (exact) mass is 420 g/mol. The molecule has 2 aromatic heterocycles. The summed E-state index contributed by atoms with van der Waals surface area (Å²) in [6.45, 7) is 1.76. The van der Waals surface area contributed by atoms with Crippen molar-refractivity contribution in [3.63, 3.8) is 0 Å². The first-order valence-electron chi connectivity index (χ1n) is 6.30. The van der Waals surface area contributed by atoms with Crippen LogP contribution in [-0.2, 0) is 19.5 Å². The molecule has 0 atom stereocenters.